The fourth-order valence-electron chi connectivity index (χ4n) is 1.84. The molecule has 0 spiro atoms. The molecule has 0 unspecified atom stereocenters. The number of nitrogens with one attached hydrogen (secondary N) is 1. The molecule has 0 amide bonds. The molecule has 1 aromatic carbocycles. The van der Waals surface area contributed by atoms with Crippen LogP contribution in [0, 0.1) is 0 Å². The van der Waals surface area contributed by atoms with Crippen LogP contribution in [0.4, 0.5) is 0 Å². The van der Waals surface area contributed by atoms with Crippen molar-refractivity contribution in [2.24, 2.45) is 0 Å². The summed E-state index contributed by atoms with van der Waals surface area (Å²) in [5.74, 6) is 0. The first kappa shape index (κ1) is 12.3. The number of rotatable bonds is 4. The zero-order chi connectivity index (χ0) is 12.3. The number of benzene rings is 1. The van der Waals surface area contributed by atoms with Crippen LogP contribution >= 0.6 is 11.3 Å². The molecule has 2 nitrogen and oxygen atoms in total. The van der Waals surface area contributed by atoms with E-state index in [4.69, 9.17) is 4.98 Å². The van der Waals surface area contributed by atoms with Crippen molar-refractivity contribution < 1.29 is 0 Å². The van der Waals surface area contributed by atoms with Crippen LogP contribution in [0.25, 0.3) is 11.3 Å². The molecular weight excluding hydrogens is 228 g/mol. The molecule has 0 atom stereocenters. The quantitative estimate of drug-likeness (QED) is 0.895. The number of likely N-dealkylation sites (N-methyl/N-ethyl adjacent to an activating group) is 1. The van der Waals surface area contributed by atoms with Crippen molar-refractivity contribution in [1.82, 2.24) is 10.3 Å². The summed E-state index contributed by atoms with van der Waals surface area (Å²) in [6.45, 7) is 5.38. The van der Waals surface area contributed by atoms with Gasteiger partial charge in [0.2, 0.25) is 0 Å². The number of nitrogens with zero attached hydrogens (tertiary/aromatic N) is 1. The lowest BCUT2D eigenvalue weighted by atomic mass is 9.94. The Bertz CT molecular complexity index is 474. The molecular formula is C14H18N2S. The first-order valence-electron chi connectivity index (χ1n) is 5.79. The second-order valence-corrected chi connectivity index (χ2v) is 5.68. The van der Waals surface area contributed by atoms with Crippen LogP contribution in [0.15, 0.2) is 35.7 Å². The number of thiazole rings is 1. The Hall–Kier alpha value is -1.19. The normalized spacial score (nSPS) is 11.7. The predicted molar refractivity (Wildman–Crippen MR) is 74.5 cm³/mol. The van der Waals surface area contributed by atoms with E-state index in [2.05, 4.69) is 36.7 Å². The number of hydrogen-bond donors (Lipinski definition) is 1. The van der Waals surface area contributed by atoms with Gasteiger partial charge in [0, 0.05) is 22.9 Å². The molecule has 0 bridgehead atoms. The summed E-state index contributed by atoms with van der Waals surface area (Å²) in [5.41, 5.74) is 2.36. The monoisotopic (exact) mass is 246 g/mol. The van der Waals surface area contributed by atoms with Gasteiger partial charge in [-0.2, -0.15) is 0 Å². The minimum Gasteiger partial charge on any atom is -0.319 e. The van der Waals surface area contributed by atoms with Crippen LogP contribution in [-0.4, -0.2) is 18.6 Å². The third-order valence-electron chi connectivity index (χ3n) is 2.77. The van der Waals surface area contributed by atoms with Gasteiger partial charge < -0.3 is 5.32 Å². The van der Waals surface area contributed by atoms with E-state index < -0.39 is 0 Å². The van der Waals surface area contributed by atoms with Crippen molar-refractivity contribution >= 4 is 11.3 Å². The van der Waals surface area contributed by atoms with Gasteiger partial charge >= 0.3 is 0 Å². The van der Waals surface area contributed by atoms with Gasteiger partial charge in [-0.25, -0.2) is 4.98 Å². The molecule has 3 heteroatoms. The second kappa shape index (κ2) is 4.98. The summed E-state index contributed by atoms with van der Waals surface area (Å²) < 4.78 is 0. The maximum absolute atomic E-state index is 4.75. The van der Waals surface area contributed by atoms with E-state index in [0.29, 0.717) is 0 Å². The van der Waals surface area contributed by atoms with Crippen LogP contribution in [0.5, 0.6) is 0 Å². The molecule has 0 radical (unpaired) electrons. The lowest BCUT2D eigenvalue weighted by Crippen LogP contribution is -2.30. The summed E-state index contributed by atoms with van der Waals surface area (Å²) in [4.78, 5) is 4.75. The van der Waals surface area contributed by atoms with Crippen LogP contribution in [0.2, 0.25) is 0 Å². The van der Waals surface area contributed by atoms with Gasteiger partial charge in [0.1, 0.15) is 5.01 Å². The molecule has 2 rings (SSSR count). The van der Waals surface area contributed by atoms with Crippen LogP contribution in [0.1, 0.15) is 18.9 Å². The average molecular weight is 246 g/mol. The topological polar surface area (TPSA) is 24.9 Å². The Morgan fingerprint density at radius 1 is 1.24 bits per heavy atom. The van der Waals surface area contributed by atoms with E-state index in [1.807, 2.05) is 25.2 Å². The van der Waals surface area contributed by atoms with Crippen molar-refractivity contribution in [3.63, 3.8) is 0 Å². The van der Waals surface area contributed by atoms with Crippen molar-refractivity contribution in [3.8, 4) is 11.3 Å². The highest BCUT2D eigenvalue weighted by Crippen LogP contribution is 2.29. The van der Waals surface area contributed by atoms with Gasteiger partial charge in [-0.15, -0.1) is 11.3 Å². The second-order valence-electron chi connectivity index (χ2n) is 4.82. The van der Waals surface area contributed by atoms with Gasteiger partial charge in [-0.3, -0.25) is 0 Å². The largest absolute Gasteiger partial charge is 0.319 e. The summed E-state index contributed by atoms with van der Waals surface area (Å²) >= 11 is 1.74. The van der Waals surface area contributed by atoms with Crippen molar-refractivity contribution in [3.05, 3.63) is 40.7 Å². The molecule has 0 fully saturated rings. The Kier molecular flexibility index (Phi) is 3.60. The van der Waals surface area contributed by atoms with E-state index >= 15 is 0 Å². The summed E-state index contributed by atoms with van der Waals surface area (Å²) in [6, 6.07) is 10.3. The van der Waals surface area contributed by atoms with E-state index in [0.717, 1.165) is 12.2 Å². The number of hydrogen-bond acceptors (Lipinski definition) is 3. The maximum Gasteiger partial charge on any atom is 0.100 e. The third kappa shape index (κ3) is 2.73. The highest BCUT2D eigenvalue weighted by atomic mass is 32.1. The lowest BCUT2D eigenvalue weighted by molar-refractivity contribution is 0.492. The molecule has 0 aliphatic heterocycles. The molecule has 1 aromatic heterocycles. The SMILES string of the molecule is CNCC(C)(C)c1nc(-c2ccccc2)cs1. The highest BCUT2D eigenvalue weighted by molar-refractivity contribution is 7.10. The first-order chi connectivity index (χ1) is 8.13. The van der Waals surface area contributed by atoms with Crippen LogP contribution in [-0.2, 0) is 5.41 Å². The smallest absolute Gasteiger partial charge is 0.100 e. The van der Waals surface area contributed by atoms with E-state index in [9.17, 15) is 0 Å². The minimum atomic E-state index is 0.0897. The van der Waals surface area contributed by atoms with Crippen LogP contribution in [0.3, 0.4) is 0 Å². The molecule has 2 aromatic rings. The van der Waals surface area contributed by atoms with Crippen molar-refractivity contribution in [2.75, 3.05) is 13.6 Å². The maximum atomic E-state index is 4.75. The Balaban J connectivity index is 2.28. The zero-order valence-electron chi connectivity index (χ0n) is 10.5. The molecule has 0 saturated carbocycles. The zero-order valence-corrected chi connectivity index (χ0v) is 11.3. The molecule has 1 heterocycles. The standard InChI is InChI=1S/C14H18N2S/c1-14(2,10-15-3)13-16-12(9-17-13)11-7-5-4-6-8-11/h4-9,15H,10H2,1-3H3. The summed E-state index contributed by atoms with van der Waals surface area (Å²) in [5, 5.41) is 6.55. The average Bonchev–Trinajstić information content (AvgIpc) is 2.80. The summed E-state index contributed by atoms with van der Waals surface area (Å²) in [6.07, 6.45) is 0. The van der Waals surface area contributed by atoms with Gasteiger partial charge in [0.05, 0.1) is 5.69 Å². The Morgan fingerprint density at radius 3 is 2.59 bits per heavy atom. The third-order valence-corrected chi connectivity index (χ3v) is 3.98. The fraction of sp³-hybridized carbons (Fsp3) is 0.357. The van der Waals surface area contributed by atoms with Crippen molar-refractivity contribution in [1.29, 1.82) is 0 Å². The van der Waals surface area contributed by atoms with Gasteiger partial charge in [-0.1, -0.05) is 44.2 Å². The van der Waals surface area contributed by atoms with Gasteiger partial charge in [-0.05, 0) is 7.05 Å². The first-order valence-corrected chi connectivity index (χ1v) is 6.67. The molecule has 17 heavy (non-hydrogen) atoms. The van der Waals surface area contributed by atoms with E-state index in [-0.39, 0.29) is 5.41 Å². The lowest BCUT2D eigenvalue weighted by Gasteiger charge is -2.20. The molecule has 0 saturated heterocycles. The molecule has 1 N–H and O–H groups in total. The van der Waals surface area contributed by atoms with Gasteiger partial charge in [0.15, 0.2) is 0 Å². The number of aromatic nitrogens is 1. The molecule has 0 aliphatic rings. The Labute approximate surface area is 107 Å². The van der Waals surface area contributed by atoms with E-state index in [1.165, 1.54) is 10.6 Å². The summed E-state index contributed by atoms with van der Waals surface area (Å²) in [7, 11) is 1.98. The fourth-order valence-corrected chi connectivity index (χ4v) is 2.80. The van der Waals surface area contributed by atoms with Gasteiger partial charge in [0.25, 0.3) is 0 Å². The Morgan fingerprint density at radius 2 is 1.94 bits per heavy atom. The van der Waals surface area contributed by atoms with Crippen molar-refractivity contribution in [2.45, 2.75) is 19.3 Å². The predicted octanol–water partition coefficient (Wildman–Crippen LogP) is 3.31. The van der Waals surface area contributed by atoms with Crippen LogP contribution < -0.4 is 5.32 Å². The van der Waals surface area contributed by atoms with E-state index in [1.54, 1.807) is 11.3 Å². The minimum absolute atomic E-state index is 0.0897. The highest BCUT2D eigenvalue weighted by Gasteiger charge is 2.23. The molecule has 0 aliphatic carbocycles. The molecule has 90 valence electrons.